The Bertz CT molecular complexity index is 1520. The third kappa shape index (κ3) is 6.12. The fraction of sp³-hybridized carbons (Fsp3) is 0.129. The molecule has 0 aliphatic rings. The second-order valence-corrected chi connectivity index (χ2v) is 9.97. The minimum absolute atomic E-state index is 0.0201. The van der Waals surface area contributed by atoms with Crippen molar-refractivity contribution >= 4 is 46.1 Å². The van der Waals surface area contributed by atoms with Crippen molar-refractivity contribution in [3.8, 4) is 11.5 Å². The summed E-state index contributed by atoms with van der Waals surface area (Å²) in [7, 11) is 0. The number of para-hydroxylation sites is 2. The maximum atomic E-state index is 13.5. The summed E-state index contributed by atoms with van der Waals surface area (Å²) >= 11 is 1.44. The Morgan fingerprint density at radius 2 is 1.61 bits per heavy atom. The minimum Gasteiger partial charge on any atom is -0.436 e. The summed E-state index contributed by atoms with van der Waals surface area (Å²) in [6, 6.07) is 32.3. The van der Waals surface area contributed by atoms with Gasteiger partial charge in [0.1, 0.15) is 10.8 Å². The highest BCUT2D eigenvalue weighted by molar-refractivity contribution is 8.00. The number of nitrogens with one attached hydrogen (secondary N) is 2. The summed E-state index contributed by atoms with van der Waals surface area (Å²) in [5.74, 6) is 0.372. The molecule has 0 radical (unpaired) electrons. The second kappa shape index (κ2) is 11.8. The number of thioether (sulfide) groups is 1. The van der Waals surface area contributed by atoms with E-state index in [-0.39, 0.29) is 11.8 Å². The largest absolute Gasteiger partial charge is 0.436 e. The standard InChI is InChI=1S/C31H27N3O3S/c1-2-9-28(35)32-24-12-8-13-25(20-24)38-29(21-10-4-3-5-11-21)30(36)33-23-18-16-22(17-19-23)31-34-26-14-6-7-15-27(26)37-31/h3-8,10-20,29H,2,9H2,1H3,(H,32,35)(H,33,36). The Balaban J connectivity index is 1.33. The number of carbonyl (C=O) groups is 2. The predicted octanol–water partition coefficient (Wildman–Crippen LogP) is 7.71. The van der Waals surface area contributed by atoms with Gasteiger partial charge < -0.3 is 15.1 Å². The van der Waals surface area contributed by atoms with Crippen LogP contribution in [0.4, 0.5) is 11.4 Å². The van der Waals surface area contributed by atoms with E-state index in [9.17, 15) is 9.59 Å². The van der Waals surface area contributed by atoms with Crippen molar-refractivity contribution in [2.45, 2.75) is 29.9 Å². The van der Waals surface area contributed by atoms with Crippen LogP contribution < -0.4 is 10.6 Å². The van der Waals surface area contributed by atoms with Crippen LogP contribution in [-0.4, -0.2) is 16.8 Å². The monoisotopic (exact) mass is 521 g/mol. The first-order valence-electron chi connectivity index (χ1n) is 12.5. The fourth-order valence-electron chi connectivity index (χ4n) is 4.03. The molecule has 0 spiro atoms. The Hall–Kier alpha value is -4.36. The number of rotatable bonds is 9. The summed E-state index contributed by atoms with van der Waals surface area (Å²) in [5, 5.41) is 5.48. The van der Waals surface area contributed by atoms with E-state index in [4.69, 9.17) is 4.42 Å². The molecular formula is C31H27N3O3S. The molecule has 0 aliphatic carbocycles. The van der Waals surface area contributed by atoms with Gasteiger partial charge in [0, 0.05) is 28.3 Å². The lowest BCUT2D eigenvalue weighted by molar-refractivity contribution is -0.116. The van der Waals surface area contributed by atoms with Crippen molar-refractivity contribution < 1.29 is 14.0 Å². The zero-order chi connectivity index (χ0) is 26.3. The zero-order valence-corrected chi connectivity index (χ0v) is 21.7. The molecule has 0 bridgehead atoms. The molecule has 2 amide bonds. The summed E-state index contributed by atoms with van der Waals surface area (Å²) in [6.07, 6.45) is 1.25. The van der Waals surface area contributed by atoms with Crippen LogP contribution in [0.2, 0.25) is 0 Å². The lowest BCUT2D eigenvalue weighted by Crippen LogP contribution is -2.19. The molecule has 38 heavy (non-hydrogen) atoms. The van der Waals surface area contributed by atoms with Gasteiger partial charge in [-0.2, -0.15) is 0 Å². The van der Waals surface area contributed by atoms with Gasteiger partial charge in [0.05, 0.1) is 0 Å². The molecule has 5 rings (SSSR count). The van der Waals surface area contributed by atoms with Crippen molar-refractivity contribution in [2.24, 2.45) is 0 Å². The topological polar surface area (TPSA) is 84.2 Å². The number of fused-ring (bicyclic) bond motifs is 1. The predicted molar refractivity (Wildman–Crippen MR) is 153 cm³/mol. The lowest BCUT2D eigenvalue weighted by Gasteiger charge is -2.18. The Kier molecular flexibility index (Phi) is 7.85. The summed E-state index contributed by atoms with van der Waals surface area (Å²) < 4.78 is 5.86. The van der Waals surface area contributed by atoms with Gasteiger partial charge in [-0.3, -0.25) is 9.59 Å². The number of benzene rings is 4. The molecule has 4 aromatic carbocycles. The number of hydrogen-bond donors (Lipinski definition) is 2. The molecule has 7 heteroatoms. The zero-order valence-electron chi connectivity index (χ0n) is 20.9. The fourth-order valence-corrected chi connectivity index (χ4v) is 5.12. The Morgan fingerprint density at radius 1 is 0.842 bits per heavy atom. The van der Waals surface area contributed by atoms with Crippen LogP contribution in [0.25, 0.3) is 22.6 Å². The second-order valence-electron chi connectivity index (χ2n) is 8.79. The highest BCUT2D eigenvalue weighted by atomic mass is 32.2. The van der Waals surface area contributed by atoms with Gasteiger partial charge in [0.2, 0.25) is 17.7 Å². The number of nitrogens with zero attached hydrogens (tertiary/aromatic N) is 1. The number of aromatic nitrogens is 1. The first kappa shape index (κ1) is 25.3. The Labute approximate surface area is 225 Å². The summed E-state index contributed by atoms with van der Waals surface area (Å²) in [6.45, 7) is 1.97. The maximum Gasteiger partial charge on any atom is 0.242 e. The van der Waals surface area contributed by atoms with Crippen LogP contribution in [0.15, 0.2) is 112 Å². The molecule has 0 saturated carbocycles. The van der Waals surface area contributed by atoms with Crippen LogP contribution in [0, 0.1) is 0 Å². The van der Waals surface area contributed by atoms with E-state index in [1.54, 1.807) is 0 Å². The molecule has 0 aliphatic heterocycles. The quantitative estimate of drug-likeness (QED) is 0.194. The first-order valence-corrected chi connectivity index (χ1v) is 13.4. The van der Waals surface area contributed by atoms with E-state index >= 15 is 0 Å². The molecule has 190 valence electrons. The summed E-state index contributed by atoms with van der Waals surface area (Å²) in [5.41, 5.74) is 4.65. The van der Waals surface area contributed by atoms with Crippen LogP contribution >= 0.6 is 11.8 Å². The van der Waals surface area contributed by atoms with E-state index in [1.807, 2.05) is 110 Å². The molecule has 1 atom stereocenters. The van der Waals surface area contributed by atoms with Gasteiger partial charge >= 0.3 is 0 Å². The molecule has 1 unspecified atom stereocenters. The van der Waals surface area contributed by atoms with Gasteiger partial charge in [-0.1, -0.05) is 55.5 Å². The summed E-state index contributed by atoms with van der Waals surface area (Å²) in [4.78, 5) is 31.0. The van der Waals surface area contributed by atoms with E-state index in [1.165, 1.54) is 11.8 Å². The molecular weight excluding hydrogens is 494 g/mol. The Morgan fingerprint density at radius 3 is 2.37 bits per heavy atom. The maximum absolute atomic E-state index is 13.5. The number of carbonyl (C=O) groups excluding carboxylic acids is 2. The van der Waals surface area contributed by atoms with Crippen LogP contribution in [0.1, 0.15) is 30.6 Å². The third-order valence-corrected chi connectivity index (χ3v) is 7.13. The van der Waals surface area contributed by atoms with Gasteiger partial charge in [0.25, 0.3) is 0 Å². The highest BCUT2D eigenvalue weighted by Gasteiger charge is 2.22. The lowest BCUT2D eigenvalue weighted by atomic mass is 10.1. The minimum atomic E-state index is -0.491. The average Bonchev–Trinajstić information content (AvgIpc) is 3.37. The molecule has 5 aromatic rings. The molecule has 6 nitrogen and oxygen atoms in total. The molecule has 0 saturated heterocycles. The molecule has 0 fully saturated rings. The number of hydrogen-bond acceptors (Lipinski definition) is 5. The number of oxazole rings is 1. The van der Waals surface area contributed by atoms with Gasteiger partial charge in [0.15, 0.2) is 5.58 Å². The van der Waals surface area contributed by atoms with E-state index in [2.05, 4.69) is 15.6 Å². The molecule has 2 N–H and O–H groups in total. The first-order chi connectivity index (χ1) is 18.6. The van der Waals surface area contributed by atoms with E-state index in [0.29, 0.717) is 18.0 Å². The molecule has 1 aromatic heterocycles. The highest BCUT2D eigenvalue weighted by Crippen LogP contribution is 2.37. The molecule has 1 heterocycles. The van der Waals surface area contributed by atoms with Gasteiger partial charge in [-0.05, 0) is 66.6 Å². The van der Waals surface area contributed by atoms with Crippen molar-refractivity contribution in [1.82, 2.24) is 4.98 Å². The average molecular weight is 522 g/mol. The van der Waals surface area contributed by atoms with Crippen LogP contribution in [-0.2, 0) is 9.59 Å². The van der Waals surface area contributed by atoms with Gasteiger partial charge in [-0.25, -0.2) is 4.98 Å². The van der Waals surface area contributed by atoms with Crippen molar-refractivity contribution in [3.63, 3.8) is 0 Å². The number of amides is 2. The van der Waals surface area contributed by atoms with Crippen LogP contribution in [0.3, 0.4) is 0 Å². The van der Waals surface area contributed by atoms with Crippen molar-refractivity contribution in [2.75, 3.05) is 10.6 Å². The third-order valence-electron chi connectivity index (χ3n) is 5.88. The smallest absolute Gasteiger partial charge is 0.242 e. The van der Waals surface area contributed by atoms with Crippen molar-refractivity contribution in [3.05, 3.63) is 109 Å². The van der Waals surface area contributed by atoms with E-state index in [0.717, 1.165) is 39.2 Å². The SMILES string of the molecule is CCCC(=O)Nc1cccc(SC(C(=O)Nc2ccc(-c3nc4ccccc4o3)cc2)c2ccccc2)c1. The van der Waals surface area contributed by atoms with Crippen molar-refractivity contribution in [1.29, 1.82) is 0 Å². The number of anilines is 2. The van der Waals surface area contributed by atoms with Gasteiger partial charge in [-0.15, -0.1) is 11.8 Å². The van der Waals surface area contributed by atoms with Crippen LogP contribution in [0.5, 0.6) is 0 Å². The normalized spacial score (nSPS) is 11.7. The van der Waals surface area contributed by atoms with E-state index < -0.39 is 5.25 Å².